The summed E-state index contributed by atoms with van der Waals surface area (Å²) in [5.74, 6) is -0.0362. The van der Waals surface area contributed by atoms with E-state index in [1.165, 1.54) is 16.4 Å². The highest BCUT2D eigenvalue weighted by Crippen LogP contribution is 2.25. The van der Waals surface area contributed by atoms with Gasteiger partial charge in [0.05, 0.1) is 9.82 Å². The van der Waals surface area contributed by atoms with Crippen LogP contribution < -0.4 is 5.73 Å². The molecule has 0 saturated carbocycles. The van der Waals surface area contributed by atoms with Gasteiger partial charge in [0.2, 0.25) is 15.9 Å². The molecule has 1 fully saturated rings. The molecule has 10 heteroatoms. The van der Waals surface area contributed by atoms with Crippen molar-refractivity contribution in [2.45, 2.75) is 37.6 Å². The number of nitro groups is 1. The number of benzene rings is 1. The first-order valence-electron chi connectivity index (χ1n) is 8.41. The average Bonchev–Trinajstić information content (AvgIpc) is 2.59. The zero-order valence-corrected chi connectivity index (χ0v) is 15.7. The predicted molar refractivity (Wildman–Crippen MR) is 96.1 cm³/mol. The van der Waals surface area contributed by atoms with Gasteiger partial charge in [-0.2, -0.15) is 4.31 Å². The molecule has 0 aliphatic carbocycles. The SMILES string of the molecule is Cc1ccc([N+](=O)[O-])cc1S(=O)(=O)N1CCN(C(=O)CCC(C)N)CC1. The Morgan fingerprint density at radius 1 is 1.31 bits per heavy atom. The maximum absolute atomic E-state index is 12.9. The van der Waals surface area contributed by atoms with Crippen LogP contribution in [-0.2, 0) is 14.8 Å². The van der Waals surface area contributed by atoms with Crippen LogP contribution in [0.25, 0.3) is 0 Å². The van der Waals surface area contributed by atoms with Crippen molar-refractivity contribution in [2.24, 2.45) is 5.73 Å². The predicted octanol–water partition coefficient (Wildman–Crippen LogP) is 0.864. The van der Waals surface area contributed by atoms with Gasteiger partial charge in [0.15, 0.2) is 0 Å². The molecule has 0 bridgehead atoms. The van der Waals surface area contributed by atoms with Gasteiger partial charge < -0.3 is 10.6 Å². The number of nitrogens with zero attached hydrogens (tertiary/aromatic N) is 3. The number of carbonyl (C=O) groups excluding carboxylic acids is 1. The average molecular weight is 384 g/mol. The summed E-state index contributed by atoms with van der Waals surface area (Å²) >= 11 is 0. The lowest BCUT2D eigenvalue weighted by molar-refractivity contribution is -0.385. The van der Waals surface area contributed by atoms with E-state index in [9.17, 15) is 23.3 Å². The molecule has 1 aliphatic heterocycles. The van der Waals surface area contributed by atoms with E-state index >= 15 is 0 Å². The smallest absolute Gasteiger partial charge is 0.270 e. The molecule has 9 nitrogen and oxygen atoms in total. The Morgan fingerprint density at radius 2 is 1.92 bits per heavy atom. The Labute approximate surface area is 153 Å². The third-order valence-electron chi connectivity index (χ3n) is 4.41. The molecular weight excluding hydrogens is 360 g/mol. The highest BCUT2D eigenvalue weighted by Gasteiger charge is 2.32. The molecule has 1 atom stereocenters. The van der Waals surface area contributed by atoms with Gasteiger partial charge in [-0.15, -0.1) is 0 Å². The second-order valence-corrected chi connectivity index (χ2v) is 8.41. The van der Waals surface area contributed by atoms with Gasteiger partial charge in [-0.05, 0) is 25.8 Å². The maximum Gasteiger partial charge on any atom is 0.270 e. The van der Waals surface area contributed by atoms with Crippen molar-refractivity contribution in [1.82, 2.24) is 9.21 Å². The first kappa shape index (κ1) is 20.3. The molecule has 1 aliphatic rings. The van der Waals surface area contributed by atoms with Crippen molar-refractivity contribution in [3.8, 4) is 0 Å². The second-order valence-electron chi connectivity index (χ2n) is 6.51. The van der Waals surface area contributed by atoms with Crippen LogP contribution in [0.5, 0.6) is 0 Å². The van der Waals surface area contributed by atoms with Crippen LogP contribution in [0.3, 0.4) is 0 Å². The fraction of sp³-hybridized carbons (Fsp3) is 0.562. The quantitative estimate of drug-likeness (QED) is 0.572. The summed E-state index contributed by atoms with van der Waals surface area (Å²) in [6.07, 6.45) is 0.929. The second kappa shape index (κ2) is 8.11. The number of rotatable bonds is 6. The molecule has 1 aromatic carbocycles. The fourth-order valence-electron chi connectivity index (χ4n) is 2.81. The number of amides is 1. The summed E-state index contributed by atoms with van der Waals surface area (Å²) < 4.78 is 27.0. The molecule has 144 valence electrons. The number of hydrogen-bond donors (Lipinski definition) is 1. The van der Waals surface area contributed by atoms with Crippen molar-refractivity contribution in [3.63, 3.8) is 0 Å². The van der Waals surface area contributed by atoms with Gasteiger partial charge in [-0.1, -0.05) is 6.07 Å². The van der Waals surface area contributed by atoms with Crippen LogP contribution >= 0.6 is 0 Å². The summed E-state index contributed by atoms with van der Waals surface area (Å²) in [6, 6.07) is 3.74. The van der Waals surface area contributed by atoms with E-state index in [0.717, 1.165) is 6.07 Å². The van der Waals surface area contributed by atoms with Gasteiger partial charge in [0.1, 0.15) is 0 Å². The van der Waals surface area contributed by atoms with Crippen LogP contribution in [0.4, 0.5) is 5.69 Å². The molecule has 2 rings (SSSR count). The Morgan fingerprint density at radius 3 is 2.46 bits per heavy atom. The number of nitro benzene ring substituents is 1. The highest BCUT2D eigenvalue weighted by molar-refractivity contribution is 7.89. The van der Waals surface area contributed by atoms with Gasteiger partial charge >= 0.3 is 0 Å². The van der Waals surface area contributed by atoms with Crippen molar-refractivity contribution in [1.29, 1.82) is 0 Å². The van der Waals surface area contributed by atoms with Crippen LogP contribution in [-0.4, -0.2) is 60.7 Å². The maximum atomic E-state index is 12.9. The van der Waals surface area contributed by atoms with E-state index in [1.807, 2.05) is 6.92 Å². The molecule has 0 radical (unpaired) electrons. The lowest BCUT2D eigenvalue weighted by atomic mass is 10.2. The van der Waals surface area contributed by atoms with E-state index in [0.29, 0.717) is 31.5 Å². The monoisotopic (exact) mass is 384 g/mol. The third-order valence-corrected chi connectivity index (χ3v) is 6.45. The van der Waals surface area contributed by atoms with Crippen LogP contribution in [0.15, 0.2) is 23.1 Å². The van der Waals surface area contributed by atoms with Crippen molar-refractivity contribution in [3.05, 3.63) is 33.9 Å². The normalized spacial score (nSPS) is 17.1. The Balaban J connectivity index is 2.10. The number of carbonyl (C=O) groups is 1. The van der Waals surface area contributed by atoms with Gasteiger partial charge in [0.25, 0.3) is 5.69 Å². The number of non-ortho nitro benzene ring substituents is 1. The summed E-state index contributed by atoms with van der Waals surface area (Å²) in [7, 11) is -3.85. The molecule has 0 aromatic heterocycles. The van der Waals surface area contributed by atoms with Gasteiger partial charge in [-0.25, -0.2) is 8.42 Å². The molecule has 26 heavy (non-hydrogen) atoms. The minimum Gasteiger partial charge on any atom is -0.340 e. The summed E-state index contributed by atoms with van der Waals surface area (Å²) in [6.45, 7) is 4.35. The third kappa shape index (κ3) is 4.57. The molecule has 2 N–H and O–H groups in total. The molecule has 1 aromatic rings. The zero-order chi connectivity index (χ0) is 19.5. The Kier molecular flexibility index (Phi) is 6.32. The van der Waals surface area contributed by atoms with Crippen molar-refractivity contribution >= 4 is 21.6 Å². The minimum absolute atomic E-state index is 0.0362. The lowest BCUT2D eigenvalue weighted by Gasteiger charge is -2.34. The molecule has 1 heterocycles. The zero-order valence-electron chi connectivity index (χ0n) is 14.9. The van der Waals surface area contributed by atoms with E-state index in [2.05, 4.69) is 0 Å². The van der Waals surface area contributed by atoms with Crippen LogP contribution in [0.1, 0.15) is 25.3 Å². The lowest BCUT2D eigenvalue weighted by Crippen LogP contribution is -2.50. The Bertz CT molecular complexity index is 786. The van der Waals surface area contributed by atoms with Crippen LogP contribution in [0.2, 0.25) is 0 Å². The van der Waals surface area contributed by atoms with E-state index in [1.54, 1.807) is 11.8 Å². The van der Waals surface area contributed by atoms with Gasteiger partial charge in [-0.3, -0.25) is 14.9 Å². The molecule has 1 amide bonds. The fourth-order valence-corrected chi connectivity index (χ4v) is 4.47. The number of piperazine rings is 1. The number of sulfonamides is 1. The van der Waals surface area contributed by atoms with Gasteiger partial charge in [0, 0.05) is 50.8 Å². The van der Waals surface area contributed by atoms with Crippen LogP contribution in [0, 0.1) is 17.0 Å². The van der Waals surface area contributed by atoms with E-state index in [-0.39, 0.29) is 35.6 Å². The summed E-state index contributed by atoms with van der Waals surface area (Å²) in [5.41, 5.74) is 5.84. The topological polar surface area (TPSA) is 127 Å². The summed E-state index contributed by atoms with van der Waals surface area (Å²) in [5, 5.41) is 10.9. The first-order chi connectivity index (χ1) is 12.1. The molecule has 0 spiro atoms. The number of aryl methyl sites for hydroxylation is 1. The van der Waals surface area contributed by atoms with Crippen molar-refractivity contribution < 1.29 is 18.1 Å². The molecular formula is C16H24N4O5S. The Hall–Kier alpha value is -2.04. The highest BCUT2D eigenvalue weighted by atomic mass is 32.2. The molecule has 1 unspecified atom stereocenters. The van der Waals surface area contributed by atoms with Crippen molar-refractivity contribution in [2.75, 3.05) is 26.2 Å². The summed E-state index contributed by atoms with van der Waals surface area (Å²) in [4.78, 5) is 24.0. The standard InChI is InChI=1S/C16H24N4O5S/c1-12-3-5-14(20(22)23)11-15(12)26(24,25)19-9-7-18(8-10-19)16(21)6-4-13(2)17/h3,5,11,13H,4,6-10,17H2,1-2H3. The minimum atomic E-state index is -3.85. The number of nitrogens with two attached hydrogens (primary N) is 1. The number of hydrogen-bond acceptors (Lipinski definition) is 6. The molecule has 1 saturated heterocycles. The first-order valence-corrected chi connectivity index (χ1v) is 9.85. The van der Waals surface area contributed by atoms with E-state index < -0.39 is 14.9 Å². The largest absolute Gasteiger partial charge is 0.340 e. The van der Waals surface area contributed by atoms with E-state index in [4.69, 9.17) is 5.73 Å².